The maximum absolute atomic E-state index is 12.0. The molecule has 0 saturated carbocycles. The van der Waals surface area contributed by atoms with Gasteiger partial charge in [-0.3, -0.25) is 24.5 Å². The van der Waals surface area contributed by atoms with E-state index >= 15 is 0 Å². The molecular weight excluding hydrogens is 400 g/mol. The first-order valence-corrected chi connectivity index (χ1v) is 9.14. The van der Waals surface area contributed by atoms with Gasteiger partial charge in [0.15, 0.2) is 6.61 Å². The number of nitro groups is 1. The van der Waals surface area contributed by atoms with Gasteiger partial charge in [-0.15, -0.1) is 0 Å². The van der Waals surface area contributed by atoms with E-state index in [1.54, 1.807) is 6.07 Å². The molecule has 29 heavy (non-hydrogen) atoms. The highest BCUT2D eigenvalue weighted by Crippen LogP contribution is 2.25. The number of esters is 1. The summed E-state index contributed by atoms with van der Waals surface area (Å²) in [6.45, 7) is 1.33. The number of ketones is 1. The Morgan fingerprint density at radius 1 is 1.14 bits per heavy atom. The molecule has 152 valence electrons. The van der Waals surface area contributed by atoms with Crippen LogP contribution in [-0.4, -0.2) is 29.2 Å². The van der Waals surface area contributed by atoms with Crippen molar-refractivity contribution in [3.8, 4) is 0 Å². The maximum Gasteiger partial charge on any atom is 0.306 e. The lowest BCUT2D eigenvalue weighted by molar-refractivity contribution is -0.384. The molecule has 0 spiro atoms. The summed E-state index contributed by atoms with van der Waals surface area (Å²) >= 11 is 5.69. The number of aryl methyl sites for hydroxylation is 1. The van der Waals surface area contributed by atoms with Crippen molar-refractivity contribution >= 4 is 40.6 Å². The number of carbonyl (C=O) groups is 3. The van der Waals surface area contributed by atoms with Crippen LogP contribution in [-0.2, 0) is 14.3 Å². The minimum atomic E-state index is -0.701. The van der Waals surface area contributed by atoms with E-state index in [4.69, 9.17) is 16.3 Å². The Kier molecular flexibility index (Phi) is 7.85. The summed E-state index contributed by atoms with van der Waals surface area (Å²) in [4.78, 5) is 45.9. The standard InChI is InChI=1S/C20H19ClN2O6/c1-13-5-2-3-6-16(13)22-19(25)7-4-8-20(26)29-12-18(24)14-9-10-15(21)17(11-14)23(27)28/h2-3,5-6,9-11H,4,7-8,12H2,1H3,(H,22,25). The Hall–Kier alpha value is -3.26. The van der Waals surface area contributed by atoms with Gasteiger partial charge in [-0.25, -0.2) is 0 Å². The van der Waals surface area contributed by atoms with Crippen LogP contribution in [0.15, 0.2) is 42.5 Å². The third-order valence-corrected chi connectivity index (χ3v) is 4.35. The van der Waals surface area contributed by atoms with E-state index in [-0.39, 0.29) is 35.8 Å². The summed E-state index contributed by atoms with van der Waals surface area (Å²) in [6, 6.07) is 10.9. The molecule has 0 aliphatic heterocycles. The highest BCUT2D eigenvalue weighted by Gasteiger charge is 2.17. The first-order valence-electron chi connectivity index (χ1n) is 8.76. The molecule has 8 nitrogen and oxygen atoms in total. The highest BCUT2D eigenvalue weighted by atomic mass is 35.5. The molecule has 0 heterocycles. The summed E-state index contributed by atoms with van der Waals surface area (Å²) in [6.07, 6.45) is 0.354. The molecule has 1 amide bonds. The number of amides is 1. The van der Waals surface area contributed by atoms with E-state index in [2.05, 4.69) is 5.32 Å². The molecular formula is C20H19ClN2O6. The van der Waals surface area contributed by atoms with Crippen LogP contribution in [0, 0.1) is 17.0 Å². The molecule has 9 heteroatoms. The number of nitro benzene ring substituents is 1. The summed E-state index contributed by atoms with van der Waals surface area (Å²) in [7, 11) is 0. The number of anilines is 1. The summed E-state index contributed by atoms with van der Waals surface area (Å²) in [5.74, 6) is -1.45. The van der Waals surface area contributed by atoms with Gasteiger partial charge in [0.25, 0.3) is 5.69 Å². The average Bonchev–Trinajstić information content (AvgIpc) is 2.68. The lowest BCUT2D eigenvalue weighted by Gasteiger charge is -2.08. The predicted molar refractivity (Wildman–Crippen MR) is 107 cm³/mol. The van der Waals surface area contributed by atoms with Crippen molar-refractivity contribution in [1.29, 1.82) is 0 Å². The van der Waals surface area contributed by atoms with Gasteiger partial charge in [0.1, 0.15) is 5.02 Å². The van der Waals surface area contributed by atoms with Crippen molar-refractivity contribution in [2.75, 3.05) is 11.9 Å². The van der Waals surface area contributed by atoms with E-state index in [1.807, 2.05) is 25.1 Å². The molecule has 0 aliphatic rings. The fourth-order valence-electron chi connectivity index (χ4n) is 2.45. The van der Waals surface area contributed by atoms with Crippen LogP contribution in [0.1, 0.15) is 35.2 Å². The van der Waals surface area contributed by atoms with E-state index in [0.29, 0.717) is 5.69 Å². The van der Waals surface area contributed by atoms with Gasteiger partial charge >= 0.3 is 5.97 Å². The molecule has 0 fully saturated rings. The minimum Gasteiger partial charge on any atom is -0.457 e. The van der Waals surface area contributed by atoms with Gasteiger partial charge in [-0.2, -0.15) is 0 Å². The topological polar surface area (TPSA) is 116 Å². The maximum atomic E-state index is 12.0. The van der Waals surface area contributed by atoms with E-state index < -0.39 is 29.0 Å². The zero-order valence-corrected chi connectivity index (χ0v) is 16.4. The number of benzene rings is 2. The molecule has 0 saturated heterocycles. The van der Waals surface area contributed by atoms with Gasteiger partial charge in [0, 0.05) is 30.2 Å². The molecule has 1 N–H and O–H groups in total. The Morgan fingerprint density at radius 2 is 1.86 bits per heavy atom. The van der Waals surface area contributed by atoms with Crippen molar-refractivity contribution in [3.05, 3.63) is 68.7 Å². The summed E-state index contributed by atoms with van der Waals surface area (Å²) < 4.78 is 4.89. The summed E-state index contributed by atoms with van der Waals surface area (Å²) in [5.41, 5.74) is 1.26. The summed E-state index contributed by atoms with van der Waals surface area (Å²) in [5, 5.41) is 13.5. The lowest BCUT2D eigenvalue weighted by atomic mass is 10.1. The van der Waals surface area contributed by atoms with Crippen molar-refractivity contribution < 1.29 is 24.0 Å². The second-order valence-corrected chi connectivity index (χ2v) is 6.63. The number of para-hydroxylation sites is 1. The number of nitrogens with one attached hydrogen (secondary N) is 1. The van der Waals surface area contributed by atoms with Gasteiger partial charge in [-0.1, -0.05) is 29.8 Å². The molecule has 0 aliphatic carbocycles. The van der Waals surface area contributed by atoms with E-state index in [9.17, 15) is 24.5 Å². The number of hydrogen-bond acceptors (Lipinski definition) is 6. The highest BCUT2D eigenvalue weighted by molar-refractivity contribution is 6.32. The smallest absolute Gasteiger partial charge is 0.306 e. The fraction of sp³-hybridized carbons (Fsp3) is 0.250. The number of rotatable bonds is 9. The minimum absolute atomic E-state index is 0.0199. The number of ether oxygens (including phenoxy) is 1. The number of halogens is 1. The van der Waals surface area contributed by atoms with Gasteiger partial charge in [-0.05, 0) is 37.1 Å². The SMILES string of the molecule is Cc1ccccc1NC(=O)CCCC(=O)OCC(=O)c1ccc(Cl)c([N+](=O)[O-])c1. The predicted octanol–water partition coefficient (Wildman–Crippen LogP) is 4.09. The van der Waals surface area contributed by atoms with Crippen molar-refractivity contribution in [1.82, 2.24) is 0 Å². The molecule has 2 aromatic rings. The van der Waals surface area contributed by atoms with Crippen LogP contribution in [0.4, 0.5) is 11.4 Å². The average molecular weight is 419 g/mol. The molecule has 0 aromatic heterocycles. The van der Waals surface area contributed by atoms with Crippen molar-refractivity contribution in [2.24, 2.45) is 0 Å². The Bertz CT molecular complexity index is 944. The monoisotopic (exact) mass is 418 g/mol. The second kappa shape index (κ2) is 10.3. The Balaban J connectivity index is 1.75. The quantitative estimate of drug-likeness (QED) is 0.284. The second-order valence-electron chi connectivity index (χ2n) is 6.22. The van der Waals surface area contributed by atoms with E-state index in [0.717, 1.165) is 11.6 Å². The van der Waals surface area contributed by atoms with Crippen LogP contribution in [0.2, 0.25) is 5.02 Å². The van der Waals surface area contributed by atoms with Crippen LogP contribution >= 0.6 is 11.6 Å². The van der Waals surface area contributed by atoms with Gasteiger partial charge < -0.3 is 10.1 Å². The normalized spacial score (nSPS) is 10.3. The lowest BCUT2D eigenvalue weighted by Crippen LogP contribution is -2.16. The third-order valence-electron chi connectivity index (χ3n) is 4.03. The van der Waals surface area contributed by atoms with Crippen molar-refractivity contribution in [2.45, 2.75) is 26.2 Å². The van der Waals surface area contributed by atoms with Crippen LogP contribution in [0.5, 0.6) is 0 Å². The number of carbonyl (C=O) groups excluding carboxylic acids is 3. The molecule has 0 bridgehead atoms. The largest absolute Gasteiger partial charge is 0.457 e. The van der Waals surface area contributed by atoms with Crippen LogP contribution in [0.25, 0.3) is 0 Å². The van der Waals surface area contributed by atoms with Crippen molar-refractivity contribution in [3.63, 3.8) is 0 Å². The molecule has 0 atom stereocenters. The number of Topliss-reactive ketones (excluding diaryl/α,β-unsaturated/α-hetero) is 1. The van der Waals surface area contributed by atoms with Crippen LogP contribution in [0.3, 0.4) is 0 Å². The first kappa shape index (κ1) is 22.0. The van der Waals surface area contributed by atoms with E-state index in [1.165, 1.54) is 12.1 Å². The first-order chi connectivity index (χ1) is 13.8. The van der Waals surface area contributed by atoms with Crippen LogP contribution < -0.4 is 5.32 Å². The van der Waals surface area contributed by atoms with Gasteiger partial charge in [0.05, 0.1) is 4.92 Å². The zero-order valence-electron chi connectivity index (χ0n) is 15.6. The molecule has 2 aromatic carbocycles. The zero-order chi connectivity index (χ0) is 21.4. The number of nitrogens with zero attached hydrogens (tertiary/aromatic N) is 1. The molecule has 0 unspecified atom stereocenters. The Morgan fingerprint density at radius 3 is 2.55 bits per heavy atom. The molecule has 2 rings (SSSR count). The Labute approximate surface area is 172 Å². The van der Waals surface area contributed by atoms with Gasteiger partial charge in [0.2, 0.25) is 11.7 Å². The molecule has 0 radical (unpaired) electrons. The third kappa shape index (κ3) is 6.69. The fourth-order valence-corrected chi connectivity index (χ4v) is 2.63. The number of hydrogen-bond donors (Lipinski definition) is 1.